The number of benzene rings is 1. The quantitative estimate of drug-likeness (QED) is 0.739. The molecule has 0 spiro atoms. The summed E-state index contributed by atoms with van der Waals surface area (Å²) in [7, 11) is 0. The average Bonchev–Trinajstić information content (AvgIpc) is 3.20. The van der Waals surface area contributed by atoms with Gasteiger partial charge in [0.2, 0.25) is 5.91 Å². The van der Waals surface area contributed by atoms with Crippen molar-refractivity contribution in [2.75, 3.05) is 25.0 Å². The number of fused-ring (bicyclic) bond motifs is 1. The Morgan fingerprint density at radius 3 is 2.92 bits per heavy atom. The molecular weight excluding hydrogens is 348 g/mol. The first-order chi connectivity index (χ1) is 12.6. The molecule has 1 aliphatic heterocycles. The van der Waals surface area contributed by atoms with E-state index in [2.05, 4.69) is 26.3 Å². The van der Waals surface area contributed by atoms with Crippen molar-refractivity contribution in [2.24, 2.45) is 0 Å². The summed E-state index contributed by atoms with van der Waals surface area (Å²) in [4.78, 5) is 22.3. The highest BCUT2D eigenvalue weighted by atomic mass is 32.1. The number of H-pyrrole nitrogens is 1. The van der Waals surface area contributed by atoms with E-state index in [1.165, 1.54) is 11.3 Å². The van der Waals surface area contributed by atoms with Crippen molar-refractivity contribution in [3.63, 3.8) is 0 Å². The Bertz CT molecular complexity index is 909. The fourth-order valence-corrected chi connectivity index (χ4v) is 4.24. The number of ether oxygens (including phenoxy) is 1. The molecule has 0 aliphatic carbocycles. The molecule has 136 valence electrons. The summed E-state index contributed by atoms with van der Waals surface area (Å²) in [6.45, 7) is 5.98. The molecular formula is C19H22N4O2S. The number of nitrogens with zero attached hydrogens (tertiary/aromatic N) is 2. The molecule has 3 heterocycles. The highest BCUT2D eigenvalue weighted by Crippen LogP contribution is 2.30. The number of thiazole rings is 1. The zero-order valence-electron chi connectivity index (χ0n) is 14.9. The van der Waals surface area contributed by atoms with Gasteiger partial charge in [-0.15, -0.1) is 11.3 Å². The molecule has 1 saturated heterocycles. The van der Waals surface area contributed by atoms with Crippen LogP contribution in [0.3, 0.4) is 0 Å². The van der Waals surface area contributed by atoms with Crippen molar-refractivity contribution in [3.05, 3.63) is 35.8 Å². The molecule has 6 nitrogen and oxygen atoms in total. The Hall–Kier alpha value is -2.22. The summed E-state index contributed by atoms with van der Waals surface area (Å²) in [6, 6.07) is 8.12. The zero-order chi connectivity index (χ0) is 18.1. The normalized spacial score (nSPS) is 21.2. The van der Waals surface area contributed by atoms with Crippen LogP contribution < -0.4 is 5.32 Å². The third-order valence-electron chi connectivity index (χ3n) is 4.48. The SMILES string of the molecule is C[C@@H]1CN(CC(=O)Nc2nc(-c3c[nH]c4ccccc34)cs2)C[C@@H](C)O1. The third kappa shape index (κ3) is 3.65. The molecule has 0 unspecified atom stereocenters. The van der Waals surface area contributed by atoms with Crippen molar-refractivity contribution in [2.45, 2.75) is 26.1 Å². The second-order valence-corrected chi connectivity index (χ2v) is 7.64. The molecule has 2 aromatic heterocycles. The van der Waals surface area contributed by atoms with E-state index in [0.717, 1.165) is 35.2 Å². The van der Waals surface area contributed by atoms with E-state index >= 15 is 0 Å². The Morgan fingerprint density at radius 2 is 2.12 bits per heavy atom. The van der Waals surface area contributed by atoms with Gasteiger partial charge in [-0.25, -0.2) is 4.98 Å². The maximum atomic E-state index is 12.4. The van der Waals surface area contributed by atoms with Crippen molar-refractivity contribution in [3.8, 4) is 11.3 Å². The standard InChI is InChI=1S/C19H22N4O2S/c1-12-8-23(9-13(2)25-12)10-18(24)22-19-21-17(11-26-19)15-7-20-16-6-4-3-5-14(15)16/h3-7,11-13,20H,8-10H2,1-2H3,(H,21,22,24)/t12-,13-/m1/s1. The van der Waals surface area contributed by atoms with Crippen LogP contribution in [-0.4, -0.2) is 52.6 Å². The molecule has 0 saturated carbocycles. The number of amides is 1. The van der Waals surface area contributed by atoms with Crippen LogP contribution in [0.4, 0.5) is 5.13 Å². The Labute approximate surface area is 156 Å². The van der Waals surface area contributed by atoms with Gasteiger partial charge >= 0.3 is 0 Å². The van der Waals surface area contributed by atoms with Gasteiger partial charge in [0.05, 0.1) is 24.4 Å². The first-order valence-corrected chi connectivity index (χ1v) is 9.66. The molecule has 0 bridgehead atoms. The van der Waals surface area contributed by atoms with Crippen LogP contribution in [0.15, 0.2) is 35.8 Å². The highest BCUT2D eigenvalue weighted by molar-refractivity contribution is 7.14. The lowest BCUT2D eigenvalue weighted by atomic mass is 10.1. The fourth-order valence-electron chi connectivity index (χ4n) is 3.51. The molecule has 2 atom stereocenters. The van der Waals surface area contributed by atoms with Crippen molar-refractivity contribution < 1.29 is 9.53 Å². The van der Waals surface area contributed by atoms with Gasteiger partial charge in [-0.1, -0.05) is 18.2 Å². The summed E-state index contributed by atoms with van der Waals surface area (Å²) in [5.74, 6) is -0.0360. The predicted molar refractivity (Wildman–Crippen MR) is 104 cm³/mol. The first-order valence-electron chi connectivity index (χ1n) is 8.78. The number of carbonyl (C=O) groups is 1. The second-order valence-electron chi connectivity index (χ2n) is 6.79. The van der Waals surface area contributed by atoms with E-state index in [-0.39, 0.29) is 18.1 Å². The van der Waals surface area contributed by atoms with E-state index in [1.807, 2.05) is 43.6 Å². The summed E-state index contributed by atoms with van der Waals surface area (Å²) < 4.78 is 5.71. The molecule has 1 aromatic carbocycles. The Morgan fingerprint density at radius 1 is 1.35 bits per heavy atom. The number of aromatic amines is 1. The number of aromatic nitrogens is 2. The molecule has 2 N–H and O–H groups in total. The van der Waals surface area contributed by atoms with Crippen molar-refractivity contribution in [1.82, 2.24) is 14.9 Å². The first kappa shape index (κ1) is 17.2. The third-order valence-corrected chi connectivity index (χ3v) is 5.24. The molecule has 1 amide bonds. The van der Waals surface area contributed by atoms with Crippen LogP contribution >= 0.6 is 11.3 Å². The van der Waals surface area contributed by atoms with E-state index in [9.17, 15) is 4.79 Å². The minimum atomic E-state index is -0.0360. The average molecular weight is 370 g/mol. The second kappa shape index (κ2) is 7.19. The van der Waals surface area contributed by atoms with Gasteiger partial charge < -0.3 is 15.0 Å². The molecule has 1 fully saturated rings. The van der Waals surface area contributed by atoms with Crippen LogP contribution in [0, 0.1) is 0 Å². The lowest BCUT2D eigenvalue weighted by molar-refractivity contribution is -0.121. The fraction of sp³-hybridized carbons (Fsp3) is 0.368. The van der Waals surface area contributed by atoms with Gasteiger partial charge in [-0.2, -0.15) is 0 Å². The summed E-state index contributed by atoms with van der Waals surface area (Å²) >= 11 is 1.45. The number of para-hydroxylation sites is 1. The molecule has 4 rings (SSSR count). The summed E-state index contributed by atoms with van der Waals surface area (Å²) in [5, 5.41) is 6.66. The smallest absolute Gasteiger partial charge is 0.240 e. The largest absolute Gasteiger partial charge is 0.373 e. The predicted octanol–water partition coefficient (Wildman–Crippen LogP) is 3.34. The minimum Gasteiger partial charge on any atom is -0.373 e. The van der Waals surface area contributed by atoms with Gasteiger partial charge in [-0.05, 0) is 19.9 Å². The van der Waals surface area contributed by atoms with Crippen LogP contribution in [-0.2, 0) is 9.53 Å². The van der Waals surface area contributed by atoms with E-state index < -0.39 is 0 Å². The molecule has 0 radical (unpaired) electrons. The number of hydrogen-bond acceptors (Lipinski definition) is 5. The molecule has 3 aromatic rings. The van der Waals surface area contributed by atoms with Crippen LogP contribution in [0.25, 0.3) is 22.2 Å². The topological polar surface area (TPSA) is 70.2 Å². The summed E-state index contributed by atoms with van der Waals surface area (Å²) in [5.41, 5.74) is 3.00. The number of carbonyl (C=O) groups excluding carboxylic acids is 1. The molecule has 7 heteroatoms. The molecule has 1 aliphatic rings. The zero-order valence-corrected chi connectivity index (χ0v) is 15.7. The monoisotopic (exact) mass is 370 g/mol. The van der Waals surface area contributed by atoms with Gasteiger partial charge in [0, 0.05) is 41.1 Å². The van der Waals surface area contributed by atoms with E-state index in [0.29, 0.717) is 11.7 Å². The maximum Gasteiger partial charge on any atom is 0.240 e. The maximum absolute atomic E-state index is 12.4. The van der Waals surface area contributed by atoms with E-state index in [1.54, 1.807) is 0 Å². The highest BCUT2D eigenvalue weighted by Gasteiger charge is 2.24. The lowest BCUT2D eigenvalue weighted by Crippen LogP contribution is -2.48. The number of nitrogens with one attached hydrogen (secondary N) is 2. The lowest BCUT2D eigenvalue weighted by Gasteiger charge is -2.34. The van der Waals surface area contributed by atoms with Gasteiger partial charge in [0.15, 0.2) is 5.13 Å². The van der Waals surface area contributed by atoms with Crippen molar-refractivity contribution in [1.29, 1.82) is 0 Å². The number of rotatable bonds is 4. The summed E-state index contributed by atoms with van der Waals surface area (Å²) in [6.07, 6.45) is 2.27. The molecule has 26 heavy (non-hydrogen) atoms. The van der Waals surface area contributed by atoms with Gasteiger partial charge in [-0.3, -0.25) is 9.69 Å². The number of anilines is 1. The van der Waals surface area contributed by atoms with E-state index in [4.69, 9.17) is 4.74 Å². The van der Waals surface area contributed by atoms with Crippen LogP contribution in [0.5, 0.6) is 0 Å². The van der Waals surface area contributed by atoms with Crippen LogP contribution in [0.2, 0.25) is 0 Å². The van der Waals surface area contributed by atoms with Crippen LogP contribution in [0.1, 0.15) is 13.8 Å². The van der Waals surface area contributed by atoms with Crippen molar-refractivity contribution >= 4 is 33.3 Å². The van der Waals surface area contributed by atoms with Gasteiger partial charge in [0.1, 0.15) is 0 Å². The Kier molecular flexibility index (Phi) is 4.76. The minimum absolute atomic E-state index is 0.0360. The van der Waals surface area contributed by atoms with Gasteiger partial charge in [0.25, 0.3) is 0 Å². The Balaban J connectivity index is 1.43. The number of morpholine rings is 1. The number of hydrogen-bond donors (Lipinski definition) is 2.